The van der Waals surface area contributed by atoms with E-state index in [0.717, 1.165) is 17.1 Å². The molecule has 0 saturated heterocycles. The van der Waals surface area contributed by atoms with Gasteiger partial charge in [0.15, 0.2) is 0 Å². The van der Waals surface area contributed by atoms with Crippen LogP contribution < -0.4 is 40.4 Å². The van der Waals surface area contributed by atoms with Crippen molar-refractivity contribution in [2.24, 2.45) is 4.99 Å². The molecule has 3 rings (SSSR count). The van der Waals surface area contributed by atoms with Gasteiger partial charge >= 0.3 is 29.6 Å². The number of aliphatic imine (C=N–C) groups is 1. The molecule has 0 aromatic carbocycles. The van der Waals surface area contributed by atoms with E-state index >= 15 is 0 Å². The first-order valence-electron chi connectivity index (χ1n) is 9.92. The number of nitrogens with one attached hydrogen (secondary N) is 3. The number of nitrogens with zero attached hydrogens (tertiary/aromatic N) is 3. The van der Waals surface area contributed by atoms with Crippen LogP contribution in [0.2, 0.25) is 0 Å². The Kier molecular flexibility index (Phi) is 14.6. The third-order valence-corrected chi connectivity index (χ3v) is 4.19. The Morgan fingerprint density at radius 3 is 2.47 bits per heavy atom. The quantitative estimate of drug-likeness (QED) is 0.296. The normalized spacial score (nSPS) is 12.7. The largest absolute Gasteiger partial charge is 1.00 e. The number of anilines is 1. The molecule has 0 aliphatic heterocycles. The van der Waals surface area contributed by atoms with E-state index in [4.69, 9.17) is 10.8 Å². The minimum atomic E-state index is 0. The predicted octanol–water partition coefficient (Wildman–Crippen LogP) is 1.51. The molecule has 0 bridgehead atoms. The molecule has 1 aliphatic rings. The molecule has 2 heterocycles. The number of hydrogen-bond donors (Lipinski definition) is 3. The molecule has 1 fully saturated rings. The molecule has 2 aromatic rings. The first kappa shape index (κ1) is 27.9. The van der Waals surface area contributed by atoms with E-state index in [1.54, 1.807) is 30.2 Å². The van der Waals surface area contributed by atoms with Crippen LogP contribution in [0.5, 0.6) is 0 Å². The average Bonchev–Trinajstić information content (AvgIpc) is 3.24. The van der Waals surface area contributed by atoms with Gasteiger partial charge in [-0.05, 0) is 50.6 Å². The van der Waals surface area contributed by atoms with Gasteiger partial charge in [0.05, 0.1) is 11.9 Å². The van der Waals surface area contributed by atoms with E-state index in [9.17, 15) is 4.79 Å². The Balaban J connectivity index is 0.000000724. The molecule has 7 nitrogen and oxygen atoms in total. The van der Waals surface area contributed by atoms with Crippen LogP contribution in [0.25, 0.3) is 5.69 Å². The summed E-state index contributed by atoms with van der Waals surface area (Å²) in [6, 6.07) is 8.13. The van der Waals surface area contributed by atoms with Crippen molar-refractivity contribution < 1.29 is 29.6 Å². The minimum Gasteiger partial charge on any atom is -0.438 e. The summed E-state index contributed by atoms with van der Waals surface area (Å²) in [6.45, 7) is 7.41. The van der Waals surface area contributed by atoms with Crippen molar-refractivity contribution in [2.45, 2.75) is 59.4 Å². The van der Waals surface area contributed by atoms with Crippen molar-refractivity contribution in [3.05, 3.63) is 52.6 Å². The maximum atomic E-state index is 12.1. The summed E-state index contributed by atoms with van der Waals surface area (Å²) in [4.78, 5) is 19.7. The SMILES string of the molecule is CC.CC(=N)C=N[C-]=N.Cc1cccn(-c2ccc(NC3CCCC3)nc2)c1=O.[Na+]. The molecule has 1 saturated carbocycles. The molecular weight excluding hydrogens is 387 g/mol. The average molecular weight is 419 g/mol. The van der Waals surface area contributed by atoms with Gasteiger partial charge in [-0.15, -0.1) is 6.21 Å². The first-order chi connectivity index (χ1) is 14.0. The Hall–Kier alpha value is -2.09. The predicted molar refractivity (Wildman–Crippen MR) is 121 cm³/mol. The fourth-order valence-corrected chi connectivity index (χ4v) is 2.83. The second-order valence-corrected chi connectivity index (χ2v) is 6.45. The Bertz CT molecular complexity index is 855. The van der Waals surface area contributed by atoms with Crippen LogP contribution in [0.3, 0.4) is 0 Å². The number of aryl methyl sites for hydroxylation is 1. The van der Waals surface area contributed by atoms with Crippen molar-refractivity contribution >= 4 is 24.1 Å². The standard InChI is InChI=1S/C16H19N3O.C4H6N3.C2H6.Na/c1-12-5-4-10-19(16(12)20)14-8-9-15(17-11-14)18-13-6-2-3-7-13;1-4(6)2-7-3-5;1-2;/h4-5,8-11,13H,2-3,6-7H2,1H3,(H,17,18);2,5-6H,1H3;1-2H3;/q;-1;;+1. The summed E-state index contributed by atoms with van der Waals surface area (Å²) >= 11 is 0. The number of hydrogen-bond acceptors (Lipinski definition) is 5. The summed E-state index contributed by atoms with van der Waals surface area (Å²) in [6.07, 6.45) is 11.6. The van der Waals surface area contributed by atoms with E-state index < -0.39 is 0 Å². The van der Waals surface area contributed by atoms with Crippen LogP contribution in [0.1, 0.15) is 52.0 Å². The summed E-state index contributed by atoms with van der Waals surface area (Å²) in [5.74, 6) is 0.890. The van der Waals surface area contributed by atoms with Crippen LogP contribution in [-0.4, -0.2) is 33.9 Å². The first-order valence-corrected chi connectivity index (χ1v) is 9.92. The number of pyridine rings is 2. The van der Waals surface area contributed by atoms with Crippen LogP contribution in [0.4, 0.5) is 5.82 Å². The van der Waals surface area contributed by atoms with E-state index in [2.05, 4.69) is 15.3 Å². The molecule has 3 N–H and O–H groups in total. The summed E-state index contributed by atoms with van der Waals surface area (Å²) < 4.78 is 1.63. The Morgan fingerprint density at radius 2 is 1.97 bits per heavy atom. The second kappa shape index (κ2) is 15.7. The van der Waals surface area contributed by atoms with Gasteiger partial charge in [-0.25, -0.2) is 4.98 Å². The van der Waals surface area contributed by atoms with E-state index in [-0.39, 0.29) is 35.1 Å². The van der Waals surface area contributed by atoms with Crippen LogP contribution in [0, 0.1) is 17.7 Å². The van der Waals surface area contributed by atoms with Crippen molar-refractivity contribution in [3.8, 4) is 5.69 Å². The smallest absolute Gasteiger partial charge is 0.438 e. The molecule has 0 unspecified atom stereocenters. The van der Waals surface area contributed by atoms with Gasteiger partial charge in [0.25, 0.3) is 5.56 Å². The summed E-state index contributed by atoms with van der Waals surface area (Å²) in [5, 5.41) is 16.4. The zero-order chi connectivity index (χ0) is 21.6. The van der Waals surface area contributed by atoms with Crippen LogP contribution in [0.15, 0.2) is 46.4 Å². The fourth-order valence-electron chi connectivity index (χ4n) is 2.83. The molecule has 0 spiro atoms. The maximum absolute atomic E-state index is 12.1. The summed E-state index contributed by atoms with van der Waals surface area (Å²) in [5.41, 5.74) is 1.88. The van der Waals surface area contributed by atoms with Crippen molar-refractivity contribution in [1.82, 2.24) is 9.55 Å². The third-order valence-electron chi connectivity index (χ3n) is 4.19. The second-order valence-electron chi connectivity index (χ2n) is 6.45. The summed E-state index contributed by atoms with van der Waals surface area (Å²) in [7, 11) is 0. The zero-order valence-corrected chi connectivity index (χ0v) is 20.7. The monoisotopic (exact) mass is 418 g/mol. The molecule has 0 amide bonds. The fraction of sp³-hybridized carbons (Fsp3) is 0.409. The molecular formula is C22H31N6NaO. The topological polar surface area (TPSA) is 107 Å². The van der Waals surface area contributed by atoms with Gasteiger partial charge in [-0.3, -0.25) is 9.36 Å². The molecule has 0 radical (unpaired) electrons. The number of aromatic nitrogens is 2. The molecule has 2 aromatic heterocycles. The van der Waals surface area contributed by atoms with E-state index in [1.807, 2.05) is 45.0 Å². The third kappa shape index (κ3) is 9.61. The van der Waals surface area contributed by atoms with Gasteiger partial charge in [-0.2, -0.15) is 0 Å². The maximum Gasteiger partial charge on any atom is 1.00 e. The van der Waals surface area contributed by atoms with Crippen molar-refractivity contribution in [3.63, 3.8) is 0 Å². The number of rotatable bonds is 5. The minimum absolute atomic E-state index is 0. The molecule has 1 aliphatic carbocycles. The van der Waals surface area contributed by atoms with Gasteiger partial charge < -0.3 is 21.1 Å². The molecule has 0 atom stereocenters. The van der Waals surface area contributed by atoms with Crippen molar-refractivity contribution in [2.75, 3.05) is 5.32 Å². The Morgan fingerprint density at radius 1 is 1.30 bits per heavy atom. The van der Waals surface area contributed by atoms with Gasteiger partial charge in [0.2, 0.25) is 0 Å². The molecule has 30 heavy (non-hydrogen) atoms. The van der Waals surface area contributed by atoms with Crippen molar-refractivity contribution in [1.29, 1.82) is 10.8 Å². The van der Waals surface area contributed by atoms with E-state index in [1.165, 1.54) is 31.9 Å². The van der Waals surface area contributed by atoms with Gasteiger partial charge in [-0.1, -0.05) is 39.1 Å². The van der Waals surface area contributed by atoms with Gasteiger partial charge in [0.1, 0.15) is 5.82 Å². The Labute approximate surface area is 201 Å². The van der Waals surface area contributed by atoms with Gasteiger partial charge in [0, 0.05) is 17.8 Å². The van der Waals surface area contributed by atoms with Crippen LogP contribution >= 0.6 is 0 Å². The molecule has 156 valence electrons. The van der Waals surface area contributed by atoms with Crippen LogP contribution in [-0.2, 0) is 0 Å². The molecule has 8 heteroatoms. The van der Waals surface area contributed by atoms with E-state index in [0.29, 0.717) is 11.8 Å². The zero-order valence-electron chi connectivity index (χ0n) is 18.7.